The number of aryl methyl sites for hydroxylation is 2. The van der Waals surface area contributed by atoms with Gasteiger partial charge in [0, 0.05) is 31.8 Å². The van der Waals surface area contributed by atoms with Gasteiger partial charge in [-0.25, -0.2) is 4.98 Å². The van der Waals surface area contributed by atoms with Gasteiger partial charge in [0.25, 0.3) is 0 Å². The van der Waals surface area contributed by atoms with Crippen molar-refractivity contribution in [3.63, 3.8) is 0 Å². The van der Waals surface area contributed by atoms with E-state index in [1.54, 1.807) is 11.3 Å². The second-order valence-corrected chi connectivity index (χ2v) is 16.4. The van der Waals surface area contributed by atoms with Gasteiger partial charge in [0.15, 0.2) is 0 Å². The van der Waals surface area contributed by atoms with Crippen molar-refractivity contribution in [2.24, 2.45) is 16.9 Å². The highest BCUT2D eigenvalue weighted by atomic mass is 35.5. The van der Waals surface area contributed by atoms with Gasteiger partial charge in [0.05, 0.1) is 40.9 Å². The van der Waals surface area contributed by atoms with Gasteiger partial charge in [-0.3, -0.25) is 19.2 Å². The van der Waals surface area contributed by atoms with Crippen LogP contribution in [0.1, 0.15) is 102 Å². The van der Waals surface area contributed by atoms with Crippen molar-refractivity contribution in [2.45, 2.75) is 129 Å². The van der Waals surface area contributed by atoms with E-state index in [0.29, 0.717) is 19.4 Å². The predicted molar refractivity (Wildman–Crippen MR) is 218 cm³/mol. The number of nitrogens with zero attached hydrogens (tertiary/aromatic N) is 2. The molecular weight excluding hydrogens is 740 g/mol. The number of nitrogens with two attached hydrogens (primary N) is 2. The number of amides is 4. The van der Waals surface area contributed by atoms with Crippen LogP contribution in [0.3, 0.4) is 0 Å². The summed E-state index contributed by atoms with van der Waals surface area (Å²) in [6.45, 7) is 11.8. The van der Waals surface area contributed by atoms with Crippen LogP contribution in [0.5, 0.6) is 0 Å². The van der Waals surface area contributed by atoms with Crippen LogP contribution in [-0.2, 0) is 36.9 Å². The van der Waals surface area contributed by atoms with Gasteiger partial charge in [-0.1, -0.05) is 69.3 Å². The number of aliphatic hydroxyl groups is 1. The van der Waals surface area contributed by atoms with Crippen molar-refractivity contribution in [3.05, 3.63) is 76.4 Å². The number of nitrogens with one attached hydrogen (secondary N) is 2. The number of carbonyl (C=O) groups excluding carboxylic acids is 4. The van der Waals surface area contributed by atoms with E-state index in [-0.39, 0.29) is 80.0 Å². The summed E-state index contributed by atoms with van der Waals surface area (Å²) in [5.41, 5.74) is 17.6. The van der Waals surface area contributed by atoms with E-state index >= 15 is 0 Å². The predicted octanol–water partition coefficient (Wildman–Crippen LogP) is 5.12. The van der Waals surface area contributed by atoms with Gasteiger partial charge in [0.2, 0.25) is 23.6 Å². The highest BCUT2D eigenvalue weighted by Gasteiger charge is 2.44. The summed E-state index contributed by atoms with van der Waals surface area (Å²) in [6.07, 6.45) is 2.25. The Hall–Kier alpha value is -3.88. The maximum absolute atomic E-state index is 14.0. The fourth-order valence-corrected chi connectivity index (χ4v) is 7.37. The molecule has 1 aliphatic heterocycles. The Morgan fingerprint density at radius 2 is 1.65 bits per heavy atom. The third-order valence-corrected chi connectivity index (χ3v) is 11.0. The number of hydrogen-bond acceptors (Lipinski definition) is 9. The number of ether oxygens (including phenoxy) is 1. The van der Waals surface area contributed by atoms with E-state index in [1.807, 2.05) is 95.6 Å². The van der Waals surface area contributed by atoms with E-state index in [1.165, 1.54) is 4.90 Å². The molecular formula is C41H59ClN6O6S. The fourth-order valence-electron chi connectivity index (χ4n) is 6.56. The van der Waals surface area contributed by atoms with Crippen molar-refractivity contribution in [2.75, 3.05) is 6.54 Å². The highest BCUT2D eigenvalue weighted by molar-refractivity contribution is 7.13. The zero-order valence-corrected chi connectivity index (χ0v) is 34.5. The first-order valence-corrected chi connectivity index (χ1v) is 19.7. The zero-order chi connectivity index (χ0) is 39.6. The summed E-state index contributed by atoms with van der Waals surface area (Å²) in [6, 6.07) is 13.7. The standard InChI is InChI=1S/C41H58N6O6S.ClH/c1-25(30-15-17-31(18-16-30)37-26(2)44-24-54-37)45-39(51)34-21-32(48)22-47(34)40(52)38(41(4,5)6)46-36(50)10-8-7-9-28-11-13-29(14-12-28)23-53-27(3)33(42)19-20-35(43)49;/h11-18,24-25,27,32-34,38,48H,7-10,19-23,42H2,1-6H3,(H2,43,49)(H,45,51)(H,46,50);1H/t25-,27+,32-,33-,34-,38+;/m0./s1. The Balaban J connectivity index is 0.00000812. The zero-order valence-electron chi connectivity index (χ0n) is 32.9. The average molecular weight is 799 g/mol. The Bertz CT molecular complexity index is 1710. The van der Waals surface area contributed by atoms with Crippen LogP contribution >= 0.6 is 23.7 Å². The minimum atomic E-state index is -0.874. The number of β-amino-alcohol motifs (C(OH)–C–C–N with tert-alkyl or cyclic N) is 1. The van der Waals surface area contributed by atoms with Crippen LogP contribution < -0.4 is 22.1 Å². The van der Waals surface area contributed by atoms with Crippen LogP contribution in [-0.4, -0.2) is 75.5 Å². The van der Waals surface area contributed by atoms with Gasteiger partial charge in [-0.2, -0.15) is 0 Å². The summed E-state index contributed by atoms with van der Waals surface area (Å²) in [7, 11) is 0. The lowest BCUT2D eigenvalue weighted by molar-refractivity contribution is -0.144. The van der Waals surface area contributed by atoms with Crippen molar-refractivity contribution in [1.82, 2.24) is 20.5 Å². The van der Waals surface area contributed by atoms with E-state index in [4.69, 9.17) is 16.2 Å². The first-order valence-electron chi connectivity index (χ1n) is 18.9. The van der Waals surface area contributed by atoms with Crippen molar-refractivity contribution >= 4 is 47.4 Å². The van der Waals surface area contributed by atoms with Gasteiger partial charge >= 0.3 is 0 Å². The SMILES string of the molecule is Cc1ncsc1-c1ccc([C@H](C)NC(=O)[C@@H]2C[C@H](O)CN2C(=O)[C@@H](NC(=O)CCCCc2ccc(CO[C@H](C)[C@@H](N)CCC(N)=O)cc2)C(C)(C)C)cc1.Cl. The van der Waals surface area contributed by atoms with E-state index in [9.17, 15) is 24.3 Å². The normalized spacial score (nSPS) is 17.8. The minimum absolute atomic E-state index is 0. The maximum atomic E-state index is 14.0. The minimum Gasteiger partial charge on any atom is -0.391 e. The van der Waals surface area contributed by atoms with E-state index < -0.39 is 23.6 Å². The maximum Gasteiger partial charge on any atom is 0.246 e. The molecule has 2 heterocycles. The molecule has 302 valence electrons. The molecule has 12 nitrogen and oxygen atoms in total. The largest absolute Gasteiger partial charge is 0.391 e. The molecule has 7 N–H and O–H groups in total. The molecule has 6 atom stereocenters. The summed E-state index contributed by atoms with van der Waals surface area (Å²) in [4.78, 5) is 58.6. The van der Waals surface area contributed by atoms with Crippen molar-refractivity contribution < 1.29 is 29.0 Å². The number of likely N-dealkylation sites (tertiary alicyclic amines) is 1. The van der Waals surface area contributed by atoms with Crippen LogP contribution in [0.2, 0.25) is 0 Å². The number of aliphatic hydroxyl groups excluding tert-OH is 1. The monoisotopic (exact) mass is 798 g/mol. The molecule has 0 spiro atoms. The molecule has 2 aromatic carbocycles. The summed E-state index contributed by atoms with van der Waals surface area (Å²) >= 11 is 1.58. The average Bonchev–Trinajstić information content (AvgIpc) is 3.75. The number of rotatable bonds is 18. The molecule has 1 aromatic heterocycles. The molecule has 4 amide bonds. The number of benzene rings is 2. The number of primary amides is 1. The number of carbonyl (C=O) groups is 4. The smallest absolute Gasteiger partial charge is 0.246 e. The quantitative estimate of drug-likeness (QED) is 0.110. The first-order chi connectivity index (χ1) is 25.5. The third kappa shape index (κ3) is 13.4. The molecule has 0 unspecified atom stereocenters. The number of hydrogen-bond donors (Lipinski definition) is 5. The summed E-state index contributed by atoms with van der Waals surface area (Å²) in [5.74, 6) is -1.33. The second kappa shape index (κ2) is 20.9. The lowest BCUT2D eigenvalue weighted by Crippen LogP contribution is -2.57. The van der Waals surface area contributed by atoms with Crippen LogP contribution in [0, 0.1) is 12.3 Å². The number of halogens is 1. The van der Waals surface area contributed by atoms with E-state index in [2.05, 4.69) is 15.6 Å². The molecule has 1 saturated heterocycles. The number of aromatic nitrogens is 1. The number of unbranched alkanes of at least 4 members (excludes halogenated alkanes) is 1. The van der Waals surface area contributed by atoms with Crippen LogP contribution in [0.15, 0.2) is 54.0 Å². The molecule has 0 saturated carbocycles. The Kier molecular flexibility index (Phi) is 17.3. The molecule has 1 fully saturated rings. The highest BCUT2D eigenvalue weighted by Crippen LogP contribution is 2.30. The fraction of sp³-hybridized carbons (Fsp3) is 0.537. The topological polar surface area (TPSA) is 190 Å². The Morgan fingerprint density at radius 1 is 1.00 bits per heavy atom. The lowest BCUT2D eigenvalue weighted by atomic mass is 9.85. The van der Waals surface area contributed by atoms with Crippen LogP contribution in [0.4, 0.5) is 0 Å². The summed E-state index contributed by atoms with van der Waals surface area (Å²) in [5, 5.41) is 16.6. The van der Waals surface area contributed by atoms with Gasteiger partial charge in [-0.05, 0) is 74.1 Å². The van der Waals surface area contributed by atoms with Crippen molar-refractivity contribution in [1.29, 1.82) is 0 Å². The van der Waals surface area contributed by atoms with Gasteiger partial charge < -0.3 is 36.8 Å². The van der Waals surface area contributed by atoms with E-state index in [0.717, 1.165) is 45.7 Å². The molecule has 0 bridgehead atoms. The van der Waals surface area contributed by atoms with Gasteiger partial charge in [0.1, 0.15) is 12.1 Å². The molecule has 55 heavy (non-hydrogen) atoms. The Morgan fingerprint density at radius 3 is 2.25 bits per heavy atom. The molecule has 0 radical (unpaired) electrons. The lowest BCUT2D eigenvalue weighted by Gasteiger charge is -2.35. The molecule has 1 aliphatic rings. The molecule has 3 aromatic rings. The molecule has 4 rings (SSSR count). The summed E-state index contributed by atoms with van der Waals surface area (Å²) < 4.78 is 5.88. The van der Waals surface area contributed by atoms with Gasteiger partial charge in [-0.15, -0.1) is 23.7 Å². The Labute approximate surface area is 335 Å². The number of thiazole rings is 1. The molecule has 14 heteroatoms. The second-order valence-electron chi connectivity index (χ2n) is 15.6. The van der Waals surface area contributed by atoms with Crippen molar-refractivity contribution in [3.8, 4) is 10.4 Å². The molecule has 0 aliphatic carbocycles. The van der Waals surface area contributed by atoms with Crippen LogP contribution in [0.25, 0.3) is 10.4 Å². The first kappa shape index (κ1) is 45.5. The third-order valence-electron chi connectivity index (χ3n) is 10.0.